The lowest BCUT2D eigenvalue weighted by Crippen LogP contribution is -2.31. The molecule has 1 aliphatic rings. The van der Waals surface area contributed by atoms with Gasteiger partial charge in [0.1, 0.15) is 22.1 Å². The van der Waals surface area contributed by atoms with Gasteiger partial charge in [-0.1, -0.05) is 15.9 Å². The molecule has 1 heterocycles. The number of benzene rings is 2. The fraction of sp³-hybridized carbons (Fsp3) is 0.400. The van der Waals surface area contributed by atoms with Gasteiger partial charge in [-0.15, -0.1) is 11.8 Å². The van der Waals surface area contributed by atoms with Crippen LogP contribution in [0.3, 0.4) is 0 Å². The summed E-state index contributed by atoms with van der Waals surface area (Å²) in [5, 5.41) is -0.381. The maximum atomic E-state index is 13.6. The fourth-order valence-corrected chi connectivity index (χ4v) is 6.94. The summed E-state index contributed by atoms with van der Waals surface area (Å²) in [6.07, 6.45) is 0. The lowest BCUT2D eigenvalue weighted by atomic mass is 10.2. The van der Waals surface area contributed by atoms with Gasteiger partial charge in [-0.2, -0.15) is 4.31 Å². The Balaban J connectivity index is 2.04. The summed E-state index contributed by atoms with van der Waals surface area (Å²) in [7, 11) is -2.21. The second kappa shape index (κ2) is 9.59. The minimum Gasteiger partial charge on any atom is -0.496 e. The van der Waals surface area contributed by atoms with E-state index in [4.69, 9.17) is 14.2 Å². The first-order chi connectivity index (χ1) is 13.9. The number of thioether (sulfide) groups is 1. The number of ether oxygens (including phenoxy) is 3. The Morgan fingerprint density at radius 1 is 1.10 bits per heavy atom. The summed E-state index contributed by atoms with van der Waals surface area (Å²) in [5.41, 5.74) is 0.817. The van der Waals surface area contributed by atoms with Gasteiger partial charge in [0.15, 0.2) is 0 Å². The second-order valence-electron chi connectivity index (χ2n) is 6.20. The van der Waals surface area contributed by atoms with Gasteiger partial charge >= 0.3 is 0 Å². The molecule has 1 unspecified atom stereocenters. The van der Waals surface area contributed by atoms with E-state index in [0.29, 0.717) is 42.8 Å². The molecule has 158 valence electrons. The van der Waals surface area contributed by atoms with Crippen LogP contribution >= 0.6 is 27.7 Å². The van der Waals surface area contributed by atoms with Crippen LogP contribution in [0.4, 0.5) is 0 Å². The van der Waals surface area contributed by atoms with Crippen molar-refractivity contribution >= 4 is 37.7 Å². The average molecular weight is 502 g/mol. The largest absolute Gasteiger partial charge is 0.496 e. The van der Waals surface area contributed by atoms with Gasteiger partial charge in [-0.25, -0.2) is 8.42 Å². The zero-order chi connectivity index (χ0) is 21.0. The van der Waals surface area contributed by atoms with Crippen LogP contribution in [0, 0.1) is 0 Å². The van der Waals surface area contributed by atoms with Gasteiger partial charge < -0.3 is 14.2 Å². The van der Waals surface area contributed by atoms with E-state index < -0.39 is 10.0 Å². The van der Waals surface area contributed by atoms with Crippen LogP contribution in [0.1, 0.15) is 24.8 Å². The summed E-state index contributed by atoms with van der Waals surface area (Å²) in [5.74, 6) is 2.23. The van der Waals surface area contributed by atoms with Gasteiger partial charge in [0.05, 0.1) is 25.7 Å². The summed E-state index contributed by atoms with van der Waals surface area (Å²) in [6, 6.07) is 10.5. The topological polar surface area (TPSA) is 65.1 Å². The van der Waals surface area contributed by atoms with Crippen LogP contribution in [-0.2, 0) is 10.0 Å². The van der Waals surface area contributed by atoms with Crippen LogP contribution in [0.5, 0.6) is 17.2 Å². The number of hydrogen-bond acceptors (Lipinski definition) is 6. The minimum atomic E-state index is -3.80. The molecule has 1 atom stereocenters. The van der Waals surface area contributed by atoms with Crippen LogP contribution in [-0.4, -0.2) is 45.3 Å². The Labute approximate surface area is 184 Å². The molecular formula is C20H24BrNO5S2. The molecule has 1 fully saturated rings. The molecule has 6 nitrogen and oxygen atoms in total. The highest BCUT2D eigenvalue weighted by Crippen LogP contribution is 2.46. The van der Waals surface area contributed by atoms with Crippen molar-refractivity contribution in [1.29, 1.82) is 0 Å². The van der Waals surface area contributed by atoms with Crippen LogP contribution in [0.15, 0.2) is 45.8 Å². The maximum absolute atomic E-state index is 13.6. The van der Waals surface area contributed by atoms with Crippen molar-refractivity contribution in [2.24, 2.45) is 0 Å². The molecule has 0 aliphatic carbocycles. The van der Waals surface area contributed by atoms with E-state index in [9.17, 15) is 8.42 Å². The minimum absolute atomic E-state index is 0.143. The highest BCUT2D eigenvalue weighted by Gasteiger charge is 2.39. The molecule has 2 aromatic rings. The number of methoxy groups -OCH3 is 1. The van der Waals surface area contributed by atoms with E-state index in [1.165, 1.54) is 4.31 Å². The first-order valence-corrected chi connectivity index (χ1v) is 12.6. The number of halogens is 1. The van der Waals surface area contributed by atoms with Crippen LogP contribution in [0.2, 0.25) is 0 Å². The summed E-state index contributed by atoms with van der Waals surface area (Å²) >= 11 is 5.05. The Morgan fingerprint density at radius 2 is 1.86 bits per heavy atom. The van der Waals surface area contributed by atoms with Crippen LogP contribution in [0.25, 0.3) is 0 Å². The molecule has 0 aromatic heterocycles. The molecule has 1 aliphatic heterocycles. The normalized spacial score (nSPS) is 17.3. The highest BCUT2D eigenvalue weighted by molar-refractivity contribution is 9.10. The van der Waals surface area contributed by atoms with Crippen molar-refractivity contribution in [3.63, 3.8) is 0 Å². The average Bonchev–Trinajstić information content (AvgIpc) is 3.19. The van der Waals surface area contributed by atoms with Crippen molar-refractivity contribution in [2.45, 2.75) is 24.1 Å². The van der Waals surface area contributed by atoms with Crippen LogP contribution < -0.4 is 14.2 Å². The van der Waals surface area contributed by atoms with E-state index >= 15 is 0 Å². The first-order valence-electron chi connectivity index (χ1n) is 9.28. The SMILES string of the molecule is CCOc1ccc(S(=O)(=O)N2CCSC2c2cc(Br)ccc2OC)c(OCC)c1. The maximum Gasteiger partial charge on any atom is 0.248 e. The molecule has 0 saturated carbocycles. The summed E-state index contributed by atoms with van der Waals surface area (Å²) in [6.45, 7) is 4.96. The lowest BCUT2D eigenvalue weighted by Gasteiger charge is -2.26. The van der Waals surface area contributed by atoms with E-state index in [2.05, 4.69) is 15.9 Å². The Kier molecular flexibility index (Phi) is 7.37. The Hall–Kier alpha value is -1.42. The standard InChI is InChI=1S/C20H24BrNO5S2/c1-4-26-15-7-9-19(18(13-15)27-5-2)29(23,24)22-10-11-28-20(22)16-12-14(21)6-8-17(16)25-3/h6-9,12-13,20H,4-5,10-11H2,1-3H3. The Morgan fingerprint density at radius 3 is 2.55 bits per heavy atom. The zero-order valence-electron chi connectivity index (χ0n) is 16.6. The molecule has 3 rings (SSSR count). The van der Waals surface area contributed by atoms with E-state index in [0.717, 1.165) is 10.0 Å². The molecule has 0 amide bonds. The Bertz CT molecular complexity index is 967. The predicted molar refractivity (Wildman–Crippen MR) is 119 cm³/mol. The molecule has 2 aromatic carbocycles. The molecule has 9 heteroatoms. The summed E-state index contributed by atoms with van der Waals surface area (Å²) < 4.78 is 46.2. The molecule has 0 spiro atoms. The van der Waals surface area contributed by atoms with Gasteiger partial charge in [0.2, 0.25) is 10.0 Å². The molecule has 0 bridgehead atoms. The van der Waals surface area contributed by atoms with E-state index in [1.807, 2.05) is 32.0 Å². The van der Waals surface area contributed by atoms with E-state index in [-0.39, 0.29) is 10.3 Å². The zero-order valence-corrected chi connectivity index (χ0v) is 19.8. The summed E-state index contributed by atoms with van der Waals surface area (Å²) in [4.78, 5) is 0.143. The fourth-order valence-electron chi connectivity index (χ4n) is 3.20. The first kappa shape index (κ1) is 22.3. The molecule has 0 radical (unpaired) electrons. The number of hydrogen-bond donors (Lipinski definition) is 0. The number of nitrogens with zero attached hydrogens (tertiary/aromatic N) is 1. The number of rotatable bonds is 8. The molecule has 1 saturated heterocycles. The van der Waals surface area contributed by atoms with Crippen molar-refractivity contribution in [3.8, 4) is 17.2 Å². The lowest BCUT2D eigenvalue weighted by molar-refractivity contribution is 0.315. The van der Waals surface area contributed by atoms with Crippen molar-refractivity contribution in [1.82, 2.24) is 4.31 Å². The number of sulfonamides is 1. The van der Waals surface area contributed by atoms with Gasteiger partial charge in [-0.05, 0) is 44.2 Å². The third kappa shape index (κ3) is 4.68. The third-order valence-electron chi connectivity index (χ3n) is 4.42. The third-order valence-corrected chi connectivity index (χ3v) is 8.19. The molecule has 0 N–H and O–H groups in total. The van der Waals surface area contributed by atoms with Gasteiger partial charge in [0.25, 0.3) is 0 Å². The predicted octanol–water partition coefficient (Wildman–Crippen LogP) is 4.69. The van der Waals surface area contributed by atoms with Gasteiger partial charge in [0, 0.05) is 28.4 Å². The van der Waals surface area contributed by atoms with Gasteiger partial charge in [-0.3, -0.25) is 0 Å². The second-order valence-corrected chi connectivity index (χ2v) is 10.2. The molecular weight excluding hydrogens is 478 g/mol. The molecule has 29 heavy (non-hydrogen) atoms. The smallest absolute Gasteiger partial charge is 0.248 e. The highest BCUT2D eigenvalue weighted by atomic mass is 79.9. The van der Waals surface area contributed by atoms with E-state index in [1.54, 1.807) is 37.1 Å². The monoisotopic (exact) mass is 501 g/mol. The van der Waals surface area contributed by atoms with Crippen molar-refractivity contribution in [2.75, 3.05) is 32.6 Å². The van der Waals surface area contributed by atoms with Crippen molar-refractivity contribution < 1.29 is 22.6 Å². The quantitative estimate of drug-likeness (QED) is 0.522. The van der Waals surface area contributed by atoms with Crippen molar-refractivity contribution in [3.05, 3.63) is 46.4 Å².